The van der Waals surface area contributed by atoms with Crippen molar-refractivity contribution in [1.29, 1.82) is 0 Å². The molecule has 0 heterocycles. The lowest BCUT2D eigenvalue weighted by Gasteiger charge is -2.10. The zero-order valence-electron chi connectivity index (χ0n) is 9.98. The van der Waals surface area contributed by atoms with Crippen LogP contribution in [0.5, 0.6) is 11.5 Å². The van der Waals surface area contributed by atoms with E-state index in [1.165, 1.54) is 0 Å². The van der Waals surface area contributed by atoms with E-state index in [1.54, 1.807) is 20.4 Å². The van der Waals surface area contributed by atoms with E-state index in [0.717, 1.165) is 11.1 Å². The van der Waals surface area contributed by atoms with Crippen LogP contribution in [0, 0.1) is 6.92 Å². The van der Waals surface area contributed by atoms with Crippen LogP contribution in [0.1, 0.15) is 11.1 Å². The maximum atomic E-state index is 5.26. The average Bonchev–Trinajstić information content (AvgIpc) is 2.30. The van der Waals surface area contributed by atoms with Crippen LogP contribution in [-0.2, 0) is 0 Å². The Bertz CT molecular complexity index is 447. The fourth-order valence-electron chi connectivity index (χ4n) is 1.30. The molecule has 0 amide bonds. The van der Waals surface area contributed by atoms with Crippen molar-refractivity contribution < 1.29 is 9.47 Å². The molecule has 0 aliphatic carbocycles. The molecule has 1 aromatic carbocycles. The highest BCUT2D eigenvalue weighted by Gasteiger charge is 2.06. The monoisotopic (exact) mass is 253 g/mol. The van der Waals surface area contributed by atoms with Gasteiger partial charge in [-0.2, -0.15) is 5.10 Å². The number of benzene rings is 1. The zero-order chi connectivity index (χ0) is 12.8. The Morgan fingerprint density at radius 1 is 1.35 bits per heavy atom. The van der Waals surface area contributed by atoms with Crippen LogP contribution >= 0.6 is 12.2 Å². The van der Waals surface area contributed by atoms with E-state index in [4.69, 9.17) is 15.2 Å². The van der Waals surface area contributed by atoms with Gasteiger partial charge in [-0.05, 0) is 36.8 Å². The Morgan fingerprint density at radius 2 is 1.94 bits per heavy atom. The van der Waals surface area contributed by atoms with Crippen LogP contribution in [0.2, 0.25) is 0 Å². The van der Waals surface area contributed by atoms with Gasteiger partial charge in [-0.25, -0.2) is 0 Å². The van der Waals surface area contributed by atoms with Gasteiger partial charge in [0, 0.05) is 5.56 Å². The molecular formula is C11H15N3O2S. The average molecular weight is 253 g/mol. The van der Waals surface area contributed by atoms with E-state index < -0.39 is 0 Å². The Hall–Kier alpha value is -1.82. The minimum Gasteiger partial charge on any atom is -0.493 e. The van der Waals surface area contributed by atoms with E-state index in [2.05, 4.69) is 22.7 Å². The Balaban J connectivity index is 3.00. The molecule has 17 heavy (non-hydrogen) atoms. The third kappa shape index (κ3) is 3.60. The summed E-state index contributed by atoms with van der Waals surface area (Å²) in [5, 5.41) is 4.02. The van der Waals surface area contributed by atoms with Crippen molar-refractivity contribution in [2.45, 2.75) is 6.92 Å². The zero-order valence-corrected chi connectivity index (χ0v) is 10.8. The van der Waals surface area contributed by atoms with Crippen LogP contribution in [0.3, 0.4) is 0 Å². The lowest BCUT2D eigenvalue weighted by molar-refractivity contribution is 0.354. The highest BCUT2D eigenvalue weighted by Crippen LogP contribution is 2.29. The van der Waals surface area contributed by atoms with E-state index in [9.17, 15) is 0 Å². The van der Waals surface area contributed by atoms with Crippen molar-refractivity contribution in [1.82, 2.24) is 5.43 Å². The van der Waals surface area contributed by atoms with Crippen LogP contribution in [0.15, 0.2) is 17.2 Å². The van der Waals surface area contributed by atoms with Crippen molar-refractivity contribution >= 4 is 23.5 Å². The number of nitrogens with zero attached hydrogens (tertiary/aromatic N) is 1. The number of thiocarbonyl (C=S) groups is 1. The van der Waals surface area contributed by atoms with E-state index in [0.29, 0.717) is 11.5 Å². The number of hydrogen-bond donors (Lipinski definition) is 2. The molecule has 0 radical (unpaired) electrons. The molecule has 0 fully saturated rings. The number of nitrogens with one attached hydrogen (secondary N) is 1. The lowest BCUT2D eigenvalue weighted by atomic mass is 10.1. The summed E-state index contributed by atoms with van der Waals surface area (Å²) >= 11 is 4.64. The second-order valence-corrected chi connectivity index (χ2v) is 3.74. The maximum absolute atomic E-state index is 5.26. The molecule has 5 nitrogen and oxygen atoms in total. The first kappa shape index (κ1) is 13.2. The van der Waals surface area contributed by atoms with Gasteiger partial charge in [0.05, 0.1) is 20.4 Å². The molecule has 0 aliphatic heterocycles. The molecular weight excluding hydrogens is 238 g/mol. The Labute approximate surface area is 106 Å². The quantitative estimate of drug-likeness (QED) is 0.479. The number of nitrogens with two attached hydrogens (primary N) is 1. The molecule has 0 unspecified atom stereocenters. The molecule has 3 N–H and O–H groups in total. The Kier molecular flexibility index (Phi) is 4.71. The van der Waals surface area contributed by atoms with E-state index in [-0.39, 0.29) is 5.11 Å². The minimum atomic E-state index is 0.124. The first-order valence-corrected chi connectivity index (χ1v) is 5.30. The van der Waals surface area contributed by atoms with Crippen molar-refractivity contribution in [2.24, 2.45) is 10.8 Å². The summed E-state index contributed by atoms with van der Waals surface area (Å²) in [6.07, 6.45) is 1.62. The maximum Gasteiger partial charge on any atom is 0.184 e. The molecule has 0 atom stereocenters. The van der Waals surface area contributed by atoms with Gasteiger partial charge < -0.3 is 15.2 Å². The van der Waals surface area contributed by atoms with E-state index >= 15 is 0 Å². The largest absolute Gasteiger partial charge is 0.493 e. The topological polar surface area (TPSA) is 68.9 Å². The van der Waals surface area contributed by atoms with Gasteiger partial charge in [-0.15, -0.1) is 0 Å². The summed E-state index contributed by atoms with van der Waals surface area (Å²) in [5.41, 5.74) is 9.66. The second-order valence-electron chi connectivity index (χ2n) is 3.30. The molecule has 1 rings (SSSR count). The molecule has 0 spiro atoms. The first-order valence-electron chi connectivity index (χ1n) is 4.89. The minimum absolute atomic E-state index is 0.124. The molecule has 0 saturated heterocycles. The summed E-state index contributed by atoms with van der Waals surface area (Å²) in [6.45, 7) is 1.95. The van der Waals surface area contributed by atoms with Crippen LogP contribution in [0.25, 0.3) is 0 Å². The summed E-state index contributed by atoms with van der Waals surface area (Å²) in [6, 6.07) is 3.71. The molecule has 0 aliphatic rings. The normalized spacial score (nSPS) is 10.3. The van der Waals surface area contributed by atoms with Gasteiger partial charge >= 0.3 is 0 Å². The van der Waals surface area contributed by atoms with Gasteiger partial charge in [0.1, 0.15) is 0 Å². The molecule has 0 aromatic heterocycles. The van der Waals surface area contributed by atoms with Crippen molar-refractivity contribution in [3.8, 4) is 11.5 Å². The van der Waals surface area contributed by atoms with Crippen molar-refractivity contribution in [2.75, 3.05) is 14.2 Å². The number of hydrogen-bond acceptors (Lipinski definition) is 4. The number of ether oxygens (including phenoxy) is 2. The summed E-state index contributed by atoms with van der Waals surface area (Å²) in [7, 11) is 3.18. The van der Waals surface area contributed by atoms with Crippen molar-refractivity contribution in [3.63, 3.8) is 0 Å². The van der Waals surface area contributed by atoms with Gasteiger partial charge in [-0.3, -0.25) is 5.43 Å². The molecule has 0 bridgehead atoms. The fraction of sp³-hybridized carbons (Fsp3) is 0.273. The van der Waals surface area contributed by atoms with Gasteiger partial charge in [0.15, 0.2) is 16.6 Å². The third-order valence-corrected chi connectivity index (χ3v) is 2.24. The Morgan fingerprint density at radius 3 is 2.47 bits per heavy atom. The van der Waals surface area contributed by atoms with Crippen LogP contribution in [-0.4, -0.2) is 25.5 Å². The highest BCUT2D eigenvalue weighted by atomic mass is 32.1. The number of rotatable bonds is 4. The van der Waals surface area contributed by atoms with Crippen LogP contribution < -0.4 is 20.6 Å². The third-order valence-electron chi connectivity index (χ3n) is 2.15. The molecule has 6 heteroatoms. The second kappa shape index (κ2) is 6.05. The molecule has 1 aromatic rings. The predicted molar refractivity (Wildman–Crippen MR) is 71.8 cm³/mol. The lowest BCUT2D eigenvalue weighted by Crippen LogP contribution is -2.24. The standard InChI is InChI=1S/C11H15N3O2S/c1-7-4-9(15-2)10(16-3)5-8(7)6-13-14-11(12)17/h4-6H,1-3H3,(H3,12,14,17)/b13-6-. The number of hydrazone groups is 1. The summed E-state index contributed by atoms with van der Waals surface area (Å²) < 4.78 is 10.4. The molecule has 0 saturated carbocycles. The van der Waals surface area contributed by atoms with Crippen molar-refractivity contribution in [3.05, 3.63) is 23.3 Å². The van der Waals surface area contributed by atoms with Crippen LogP contribution in [0.4, 0.5) is 0 Å². The van der Waals surface area contributed by atoms with Gasteiger partial charge in [-0.1, -0.05) is 0 Å². The van der Waals surface area contributed by atoms with E-state index in [1.807, 2.05) is 19.1 Å². The van der Waals surface area contributed by atoms with Gasteiger partial charge in [0.2, 0.25) is 0 Å². The molecule has 92 valence electrons. The highest BCUT2D eigenvalue weighted by molar-refractivity contribution is 7.80. The SMILES string of the molecule is COc1cc(C)c(/C=N\NC(N)=S)cc1OC. The number of aryl methyl sites for hydroxylation is 1. The smallest absolute Gasteiger partial charge is 0.184 e. The fourth-order valence-corrected chi connectivity index (χ4v) is 1.35. The van der Waals surface area contributed by atoms with Gasteiger partial charge in [0.25, 0.3) is 0 Å². The first-order chi connectivity index (χ1) is 8.08. The summed E-state index contributed by atoms with van der Waals surface area (Å²) in [5.74, 6) is 1.33. The predicted octanol–water partition coefficient (Wildman–Crippen LogP) is 1.18. The summed E-state index contributed by atoms with van der Waals surface area (Å²) in [4.78, 5) is 0. The number of methoxy groups -OCH3 is 2.